The van der Waals surface area contributed by atoms with Crippen LogP contribution in [0.15, 0.2) is 63.6 Å². The van der Waals surface area contributed by atoms with Crippen molar-refractivity contribution in [2.45, 2.75) is 46.1 Å². The minimum absolute atomic E-state index is 0.127. The summed E-state index contributed by atoms with van der Waals surface area (Å²) in [6.45, 7) is 6.27. The first-order valence-electron chi connectivity index (χ1n) is 9.19. The van der Waals surface area contributed by atoms with Crippen molar-refractivity contribution < 1.29 is 0 Å². The monoisotopic (exact) mass is 348 g/mol. The molecular formula is C21H24N4O. The van der Waals surface area contributed by atoms with Crippen LogP contribution in [0.3, 0.4) is 0 Å². The average Bonchev–Trinajstić information content (AvgIpc) is 2.69. The molecule has 0 N–H and O–H groups in total. The molecule has 0 atom stereocenters. The van der Waals surface area contributed by atoms with E-state index < -0.39 is 0 Å². The molecule has 0 radical (unpaired) electrons. The number of benzene rings is 2. The van der Waals surface area contributed by atoms with Gasteiger partial charge in [0.2, 0.25) is 0 Å². The zero-order valence-electron chi connectivity index (χ0n) is 15.5. The van der Waals surface area contributed by atoms with Crippen molar-refractivity contribution in [1.82, 2.24) is 9.55 Å². The summed E-state index contributed by atoms with van der Waals surface area (Å²) in [6.07, 6.45) is 2.76. The summed E-state index contributed by atoms with van der Waals surface area (Å²) in [5, 5.41) is 9.33. The summed E-state index contributed by atoms with van der Waals surface area (Å²) >= 11 is 0. The molecule has 5 nitrogen and oxygen atoms in total. The third-order valence-corrected chi connectivity index (χ3v) is 4.61. The first kappa shape index (κ1) is 18.0. The molecule has 0 aliphatic carbocycles. The van der Waals surface area contributed by atoms with Gasteiger partial charge in [-0.1, -0.05) is 45.0 Å². The summed E-state index contributed by atoms with van der Waals surface area (Å²) < 4.78 is 1.55. The Morgan fingerprint density at radius 3 is 2.35 bits per heavy atom. The van der Waals surface area contributed by atoms with Crippen LogP contribution in [0.5, 0.6) is 0 Å². The number of hydrogen-bond donors (Lipinski definition) is 0. The first-order valence-corrected chi connectivity index (χ1v) is 9.19. The molecule has 0 aliphatic rings. The van der Waals surface area contributed by atoms with Crippen LogP contribution in [0.1, 0.15) is 39.2 Å². The fourth-order valence-electron chi connectivity index (χ4n) is 2.89. The van der Waals surface area contributed by atoms with Crippen molar-refractivity contribution in [3.8, 4) is 5.69 Å². The number of para-hydroxylation sites is 1. The Balaban J connectivity index is 2.21. The number of hydrogen-bond acceptors (Lipinski definition) is 4. The van der Waals surface area contributed by atoms with E-state index in [-0.39, 0.29) is 11.6 Å². The normalized spacial score (nSPS) is 11.7. The molecule has 0 bridgehead atoms. The molecule has 5 heteroatoms. The van der Waals surface area contributed by atoms with Crippen LogP contribution in [0.25, 0.3) is 16.6 Å². The van der Waals surface area contributed by atoms with E-state index >= 15 is 0 Å². The third kappa shape index (κ3) is 3.57. The van der Waals surface area contributed by atoms with E-state index in [1.54, 1.807) is 10.6 Å². The van der Waals surface area contributed by atoms with Gasteiger partial charge < -0.3 is 0 Å². The van der Waals surface area contributed by atoms with Gasteiger partial charge in [0.05, 0.1) is 22.6 Å². The maximum Gasteiger partial charge on any atom is 0.267 e. The van der Waals surface area contributed by atoms with Crippen LogP contribution in [0, 0.1) is 0 Å². The summed E-state index contributed by atoms with van der Waals surface area (Å²) in [5.41, 5.74) is 2.48. The lowest BCUT2D eigenvalue weighted by molar-refractivity contribution is 0.600. The minimum atomic E-state index is -0.127. The average molecular weight is 348 g/mol. The molecule has 2 aromatic carbocycles. The largest absolute Gasteiger partial charge is 0.268 e. The number of aromatic nitrogens is 2. The molecule has 3 rings (SSSR count). The lowest BCUT2D eigenvalue weighted by Crippen LogP contribution is -2.19. The molecule has 0 saturated heterocycles. The highest BCUT2D eigenvalue weighted by atomic mass is 16.1. The molecule has 1 aromatic heterocycles. The smallest absolute Gasteiger partial charge is 0.267 e. The second-order valence-electron chi connectivity index (χ2n) is 6.28. The lowest BCUT2D eigenvalue weighted by atomic mass is 10.1. The Morgan fingerprint density at radius 1 is 1.00 bits per heavy atom. The van der Waals surface area contributed by atoms with E-state index in [9.17, 15) is 4.79 Å². The molecule has 0 fully saturated rings. The summed E-state index contributed by atoms with van der Waals surface area (Å²) in [7, 11) is 0. The van der Waals surface area contributed by atoms with Crippen molar-refractivity contribution in [3.05, 3.63) is 64.4 Å². The SMILES string of the molecule is CCc1ccc(-n2c(N=NC(CC)CC)nc3ccccc3c2=O)cc1. The van der Waals surface area contributed by atoms with E-state index in [1.165, 1.54) is 5.56 Å². The van der Waals surface area contributed by atoms with E-state index in [2.05, 4.69) is 36.0 Å². The van der Waals surface area contributed by atoms with Crippen molar-refractivity contribution in [1.29, 1.82) is 0 Å². The van der Waals surface area contributed by atoms with Crippen molar-refractivity contribution in [2.75, 3.05) is 0 Å². The number of nitrogens with zero attached hydrogens (tertiary/aromatic N) is 4. The van der Waals surface area contributed by atoms with Gasteiger partial charge in [-0.2, -0.15) is 5.11 Å². The Morgan fingerprint density at radius 2 is 1.69 bits per heavy atom. The van der Waals surface area contributed by atoms with Crippen molar-refractivity contribution in [3.63, 3.8) is 0 Å². The Hall–Kier alpha value is -2.82. The van der Waals surface area contributed by atoms with E-state index in [0.29, 0.717) is 16.9 Å². The highest BCUT2D eigenvalue weighted by molar-refractivity contribution is 5.78. The van der Waals surface area contributed by atoms with Crippen LogP contribution in [-0.2, 0) is 6.42 Å². The topological polar surface area (TPSA) is 59.6 Å². The van der Waals surface area contributed by atoms with Crippen LogP contribution in [0.4, 0.5) is 5.95 Å². The maximum absolute atomic E-state index is 13.1. The molecule has 0 amide bonds. The fraction of sp³-hybridized carbons (Fsp3) is 0.333. The van der Waals surface area contributed by atoms with Crippen LogP contribution >= 0.6 is 0 Å². The molecule has 0 unspecified atom stereocenters. The third-order valence-electron chi connectivity index (χ3n) is 4.61. The molecule has 0 aliphatic heterocycles. The van der Waals surface area contributed by atoms with Crippen molar-refractivity contribution in [2.24, 2.45) is 10.2 Å². The summed E-state index contributed by atoms with van der Waals surface area (Å²) in [4.78, 5) is 17.7. The van der Waals surface area contributed by atoms with Gasteiger partial charge in [-0.25, -0.2) is 9.55 Å². The number of fused-ring (bicyclic) bond motifs is 1. The second-order valence-corrected chi connectivity index (χ2v) is 6.28. The van der Waals surface area contributed by atoms with Gasteiger partial charge in [0.25, 0.3) is 11.5 Å². The van der Waals surface area contributed by atoms with Crippen LogP contribution < -0.4 is 5.56 Å². The van der Waals surface area contributed by atoms with Gasteiger partial charge in [-0.05, 0) is 49.1 Å². The summed E-state index contributed by atoms with van der Waals surface area (Å²) in [5.74, 6) is 0.324. The van der Waals surface area contributed by atoms with Gasteiger partial charge in [0, 0.05) is 0 Å². The van der Waals surface area contributed by atoms with E-state index in [4.69, 9.17) is 0 Å². The number of aryl methyl sites for hydroxylation is 1. The van der Waals surface area contributed by atoms with Gasteiger partial charge in [-0.15, -0.1) is 5.11 Å². The van der Waals surface area contributed by atoms with E-state index in [0.717, 1.165) is 24.9 Å². The predicted octanol–water partition coefficient (Wildman–Crippen LogP) is 5.22. The first-order chi connectivity index (χ1) is 12.7. The highest BCUT2D eigenvalue weighted by Crippen LogP contribution is 2.20. The summed E-state index contributed by atoms with van der Waals surface area (Å²) in [6, 6.07) is 15.4. The lowest BCUT2D eigenvalue weighted by Gasteiger charge is -2.11. The predicted molar refractivity (Wildman–Crippen MR) is 106 cm³/mol. The Kier molecular flexibility index (Phi) is 5.56. The second kappa shape index (κ2) is 8.04. The van der Waals surface area contributed by atoms with E-state index in [1.807, 2.05) is 42.5 Å². The Bertz CT molecular complexity index is 969. The maximum atomic E-state index is 13.1. The molecule has 1 heterocycles. The number of azo groups is 1. The zero-order valence-corrected chi connectivity index (χ0v) is 15.5. The highest BCUT2D eigenvalue weighted by Gasteiger charge is 2.13. The standard InChI is InChI=1S/C21H24N4O/c1-4-15-11-13-17(14-12-15)25-20(26)18-9-7-8-10-19(18)22-21(25)24-23-16(5-2)6-3/h7-14,16H,4-6H2,1-3H3. The fourth-order valence-corrected chi connectivity index (χ4v) is 2.89. The quantitative estimate of drug-likeness (QED) is 0.573. The minimum Gasteiger partial charge on any atom is -0.268 e. The molecule has 26 heavy (non-hydrogen) atoms. The van der Waals surface area contributed by atoms with Crippen LogP contribution in [-0.4, -0.2) is 15.6 Å². The van der Waals surface area contributed by atoms with Gasteiger partial charge in [-0.3, -0.25) is 4.79 Å². The number of rotatable bonds is 6. The van der Waals surface area contributed by atoms with Gasteiger partial charge in [0.15, 0.2) is 0 Å². The molecule has 0 spiro atoms. The van der Waals surface area contributed by atoms with Crippen LogP contribution in [0.2, 0.25) is 0 Å². The molecule has 3 aromatic rings. The molecule has 134 valence electrons. The van der Waals surface area contributed by atoms with Gasteiger partial charge >= 0.3 is 0 Å². The van der Waals surface area contributed by atoms with Gasteiger partial charge in [0.1, 0.15) is 0 Å². The molecule has 0 saturated carbocycles. The zero-order chi connectivity index (χ0) is 18.5. The Labute approximate surface area is 153 Å². The van der Waals surface area contributed by atoms with Crippen molar-refractivity contribution >= 4 is 16.9 Å². The molecular weight excluding hydrogens is 324 g/mol.